The normalized spacial score (nSPS) is 11.0. The van der Waals surface area contributed by atoms with Gasteiger partial charge in [0.25, 0.3) is 15.7 Å². The van der Waals surface area contributed by atoms with Crippen LogP contribution in [0.1, 0.15) is 5.56 Å². The molecule has 0 aliphatic rings. The molecule has 3 aromatic rings. The van der Waals surface area contributed by atoms with Crippen LogP contribution in [0, 0.1) is 17.0 Å². The first kappa shape index (κ1) is 22.3. The highest BCUT2D eigenvalue weighted by atomic mass is 32.2. The molecule has 0 unspecified atom stereocenters. The van der Waals surface area contributed by atoms with Crippen molar-refractivity contribution in [3.8, 4) is 0 Å². The number of nitrogens with one attached hydrogen (secondary N) is 2. The number of anilines is 2. The van der Waals surface area contributed by atoms with Crippen LogP contribution in [0.3, 0.4) is 0 Å². The first-order valence-electron chi connectivity index (χ1n) is 9.10. The Balaban J connectivity index is 1.64. The van der Waals surface area contributed by atoms with E-state index in [0.717, 1.165) is 4.90 Å². The number of non-ortho nitro benzene ring substituents is 1. The summed E-state index contributed by atoms with van der Waals surface area (Å²) in [5.74, 6) is -0.194. The quantitative estimate of drug-likeness (QED) is 0.293. The van der Waals surface area contributed by atoms with Crippen molar-refractivity contribution >= 4 is 44.8 Å². The van der Waals surface area contributed by atoms with E-state index >= 15 is 0 Å². The molecule has 0 aliphatic carbocycles. The molecule has 8 nitrogen and oxygen atoms in total. The third-order valence-electron chi connectivity index (χ3n) is 4.24. The van der Waals surface area contributed by atoms with Gasteiger partial charge in [0.15, 0.2) is 0 Å². The molecule has 0 aromatic heterocycles. The summed E-state index contributed by atoms with van der Waals surface area (Å²) in [5, 5.41) is 13.4. The molecule has 31 heavy (non-hydrogen) atoms. The lowest BCUT2D eigenvalue weighted by Crippen LogP contribution is -2.16. The molecular formula is C21H19N3O5S2. The molecule has 1 amide bonds. The number of carbonyl (C=O) groups is 1. The summed E-state index contributed by atoms with van der Waals surface area (Å²) >= 11 is 1.24. The van der Waals surface area contributed by atoms with Gasteiger partial charge < -0.3 is 5.32 Å². The first-order valence-corrected chi connectivity index (χ1v) is 11.6. The van der Waals surface area contributed by atoms with Crippen molar-refractivity contribution in [1.82, 2.24) is 0 Å². The van der Waals surface area contributed by atoms with Crippen molar-refractivity contribution in [2.45, 2.75) is 16.7 Å². The lowest BCUT2D eigenvalue weighted by molar-refractivity contribution is -0.384. The maximum absolute atomic E-state index is 12.6. The monoisotopic (exact) mass is 457 g/mol. The van der Waals surface area contributed by atoms with E-state index in [-0.39, 0.29) is 22.2 Å². The van der Waals surface area contributed by atoms with E-state index in [2.05, 4.69) is 10.0 Å². The van der Waals surface area contributed by atoms with E-state index in [9.17, 15) is 23.3 Å². The van der Waals surface area contributed by atoms with Crippen LogP contribution in [0.25, 0.3) is 0 Å². The smallest absolute Gasteiger partial charge is 0.269 e. The fourth-order valence-electron chi connectivity index (χ4n) is 2.62. The largest absolute Gasteiger partial charge is 0.325 e. The van der Waals surface area contributed by atoms with Crippen LogP contribution in [-0.4, -0.2) is 25.0 Å². The Bertz CT molecular complexity index is 1200. The van der Waals surface area contributed by atoms with Crippen molar-refractivity contribution in [3.63, 3.8) is 0 Å². The van der Waals surface area contributed by atoms with Crippen molar-refractivity contribution in [2.75, 3.05) is 15.8 Å². The fraction of sp³-hybridized carbons (Fsp3) is 0.0952. The standard InChI is InChI=1S/C21H19N3O5S2/c1-15-7-8-16(13-20(15)23-31(28,29)19-5-3-2-4-6-19)22-21(25)14-30-18-11-9-17(10-12-18)24(26)27/h2-13,23H,14H2,1H3,(H,22,25). The Morgan fingerprint density at radius 3 is 2.35 bits per heavy atom. The molecule has 160 valence electrons. The van der Waals surface area contributed by atoms with E-state index in [1.807, 2.05) is 0 Å². The summed E-state index contributed by atoms with van der Waals surface area (Å²) in [4.78, 5) is 23.4. The molecule has 10 heteroatoms. The van der Waals surface area contributed by atoms with E-state index in [0.29, 0.717) is 16.9 Å². The third-order valence-corrected chi connectivity index (χ3v) is 6.63. The summed E-state index contributed by atoms with van der Waals surface area (Å²) < 4.78 is 27.7. The van der Waals surface area contributed by atoms with Gasteiger partial charge in [-0.05, 0) is 48.9 Å². The summed E-state index contributed by atoms with van der Waals surface area (Å²) in [6.45, 7) is 1.76. The molecule has 0 saturated carbocycles. The molecule has 3 rings (SSSR count). The third kappa shape index (κ3) is 6.06. The number of benzene rings is 3. The van der Waals surface area contributed by atoms with Gasteiger partial charge in [0.05, 0.1) is 21.3 Å². The number of amides is 1. The maximum Gasteiger partial charge on any atom is 0.269 e. The Kier molecular flexibility index (Phi) is 6.93. The number of thioether (sulfide) groups is 1. The van der Waals surface area contributed by atoms with Gasteiger partial charge in [0, 0.05) is 22.7 Å². The predicted molar refractivity (Wildman–Crippen MR) is 121 cm³/mol. The minimum Gasteiger partial charge on any atom is -0.325 e. The molecule has 0 heterocycles. The highest BCUT2D eigenvalue weighted by Crippen LogP contribution is 2.25. The lowest BCUT2D eigenvalue weighted by Gasteiger charge is -2.13. The van der Waals surface area contributed by atoms with Crippen molar-refractivity contribution < 1.29 is 18.1 Å². The van der Waals surface area contributed by atoms with Gasteiger partial charge in [-0.25, -0.2) is 8.42 Å². The Hall–Kier alpha value is -3.37. The van der Waals surface area contributed by atoms with Crippen LogP contribution in [0.2, 0.25) is 0 Å². The molecule has 3 aromatic carbocycles. The van der Waals surface area contributed by atoms with Gasteiger partial charge in [-0.1, -0.05) is 24.3 Å². The van der Waals surface area contributed by atoms with Crippen molar-refractivity contribution in [2.24, 2.45) is 0 Å². The van der Waals surface area contributed by atoms with Crippen molar-refractivity contribution in [3.05, 3.63) is 88.5 Å². The number of nitrogens with zero attached hydrogens (tertiary/aromatic N) is 1. The SMILES string of the molecule is Cc1ccc(NC(=O)CSc2ccc([N+](=O)[O-])cc2)cc1NS(=O)(=O)c1ccccc1. The molecule has 0 spiro atoms. The van der Waals surface area contributed by atoms with E-state index in [1.54, 1.807) is 55.5 Å². The zero-order valence-corrected chi connectivity index (χ0v) is 18.1. The predicted octanol–water partition coefficient (Wildman–Crippen LogP) is 4.43. The summed E-state index contributed by atoms with van der Waals surface area (Å²) in [7, 11) is -3.75. The number of carbonyl (C=O) groups excluding carboxylic acids is 1. The van der Waals surface area contributed by atoms with Crippen LogP contribution < -0.4 is 10.0 Å². The molecule has 0 radical (unpaired) electrons. The average Bonchev–Trinajstić information content (AvgIpc) is 2.75. The molecule has 0 saturated heterocycles. The number of hydrogen-bond acceptors (Lipinski definition) is 6. The maximum atomic E-state index is 12.6. The van der Waals surface area contributed by atoms with Gasteiger partial charge in [-0.3, -0.25) is 19.6 Å². The second-order valence-electron chi connectivity index (χ2n) is 6.54. The van der Waals surface area contributed by atoms with Gasteiger partial charge in [-0.2, -0.15) is 0 Å². The van der Waals surface area contributed by atoms with E-state index in [1.165, 1.54) is 36.0 Å². The average molecular weight is 458 g/mol. The molecule has 0 fully saturated rings. The Morgan fingerprint density at radius 2 is 1.71 bits per heavy atom. The summed E-state index contributed by atoms with van der Waals surface area (Å²) in [5.41, 5.74) is 1.51. The van der Waals surface area contributed by atoms with Crippen molar-refractivity contribution in [1.29, 1.82) is 0 Å². The molecule has 0 atom stereocenters. The fourth-order valence-corrected chi connectivity index (χ4v) is 4.46. The minimum atomic E-state index is -3.75. The van der Waals surface area contributed by atoms with Gasteiger partial charge in [0.2, 0.25) is 5.91 Å². The lowest BCUT2D eigenvalue weighted by atomic mass is 10.2. The second kappa shape index (κ2) is 9.63. The van der Waals surface area contributed by atoms with E-state index in [4.69, 9.17) is 0 Å². The summed E-state index contributed by atoms with van der Waals surface area (Å²) in [6, 6.07) is 18.9. The number of rotatable bonds is 8. The first-order chi connectivity index (χ1) is 14.7. The number of aryl methyl sites for hydroxylation is 1. The summed E-state index contributed by atoms with van der Waals surface area (Å²) in [6.07, 6.45) is 0. The highest BCUT2D eigenvalue weighted by molar-refractivity contribution is 8.00. The van der Waals surface area contributed by atoms with E-state index < -0.39 is 14.9 Å². The Morgan fingerprint density at radius 1 is 1.03 bits per heavy atom. The number of sulfonamides is 1. The highest BCUT2D eigenvalue weighted by Gasteiger charge is 2.15. The van der Waals surface area contributed by atoms with Crippen LogP contribution in [-0.2, 0) is 14.8 Å². The molecule has 2 N–H and O–H groups in total. The van der Waals surface area contributed by atoms with Crippen LogP contribution >= 0.6 is 11.8 Å². The topological polar surface area (TPSA) is 118 Å². The Labute approximate surface area is 183 Å². The number of nitro groups is 1. The molecule has 0 bridgehead atoms. The zero-order valence-electron chi connectivity index (χ0n) is 16.4. The van der Waals surface area contributed by atoms with Gasteiger partial charge in [-0.15, -0.1) is 11.8 Å². The zero-order chi connectivity index (χ0) is 22.4. The number of nitro benzene ring substituents is 1. The minimum absolute atomic E-state index is 0.0149. The van der Waals surface area contributed by atoms with Gasteiger partial charge in [0.1, 0.15) is 0 Å². The van der Waals surface area contributed by atoms with Gasteiger partial charge >= 0.3 is 0 Å². The number of hydrogen-bond donors (Lipinski definition) is 2. The van der Waals surface area contributed by atoms with Crippen LogP contribution in [0.4, 0.5) is 17.1 Å². The van der Waals surface area contributed by atoms with Crippen LogP contribution in [0.15, 0.2) is 82.6 Å². The molecule has 0 aliphatic heterocycles. The molecular weight excluding hydrogens is 438 g/mol. The van der Waals surface area contributed by atoms with Crippen LogP contribution in [0.5, 0.6) is 0 Å². The second-order valence-corrected chi connectivity index (χ2v) is 9.27.